The number of nitrogens with zero attached hydrogens (tertiary/aromatic N) is 3. The van der Waals surface area contributed by atoms with Gasteiger partial charge in [-0.25, -0.2) is 9.40 Å². The van der Waals surface area contributed by atoms with E-state index in [1.165, 1.54) is 60.5 Å². The molecule has 0 radical (unpaired) electrons. The summed E-state index contributed by atoms with van der Waals surface area (Å²) in [7, 11) is 0. The third kappa shape index (κ3) is 4.49. The molecule has 214 valence electrons. The van der Waals surface area contributed by atoms with Crippen LogP contribution in [0.3, 0.4) is 0 Å². The molecule has 3 heterocycles. The summed E-state index contributed by atoms with van der Waals surface area (Å²) in [4.78, 5) is 4.55. The number of anilines is 1. The molecule has 0 bridgehead atoms. The van der Waals surface area contributed by atoms with Crippen molar-refractivity contribution in [3.8, 4) is 38.5 Å². The molecule has 45 heavy (non-hydrogen) atoms. The highest BCUT2D eigenvalue weighted by Gasteiger charge is 2.17. The predicted octanol–water partition coefficient (Wildman–Crippen LogP) is 10.8. The van der Waals surface area contributed by atoms with Gasteiger partial charge in [0.15, 0.2) is 0 Å². The zero-order valence-electron chi connectivity index (χ0n) is 24.1. The van der Waals surface area contributed by atoms with Crippen molar-refractivity contribution in [2.24, 2.45) is 0 Å². The SMILES string of the molecule is C1=CSN(c2cccc(-c3ccc4c5ccc(-c6cccc(-c7nccs7)c6)cc5n(-c5cccc6ccccc56)c4c3)c2)N1. The second-order valence-corrected chi connectivity index (χ2v) is 12.8. The highest BCUT2D eigenvalue weighted by Crippen LogP contribution is 2.39. The summed E-state index contributed by atoms with van der Waals surface area (Å²) in [5.41, 5.74) is 13.8. The zero-order valence-corrected chi connectivity index (χ0v) is 25.7. The summed E-state index contributed by atoms with van der Waals surface area (Å²) in [5, 5.41) is 10.0. The van der Waals surface area contributed by atoms with E-state index in [4.69, 9.17) is 0 Å². The predicted molar refractivity (Wildman–Crippen MR) is 193 cm³/mol. The van der Waals surface area contributed by atoms with Gasteiger partial charge in [0.05, 0.1) is 22.4 Å². The number of hydrogen-bond donors (Lipinski definition) is 1. The van der Waals surface area contributed by atoms with Gasteiger partial charge in [0.25, 0.3) is 0 Å². The minimum Gasteiger partial charge on any atom is -0.309 e. The molecule has 0 saturated carbocycles. The molecular formula is C39H26N4S2. The molecule has 1 aliphatic heterocycles. The van der Waals surface area contributed by atoms with Gasteiger partial charge >= 0.3 is 0 Å². The summed E-state index contributed by atoms with van der Waals surface area (Å²) < 4.78 is 4.52. The van der Waals surface area contributed by atoms with Crippen LogP contribution in [0.1, 0.15) is 0 Å². The molecule has 0 amide bonds. The Balaban J connectivity index is 1.28. The second kappa shape index (κ2) is 10.7. The molecule has 1 N–H and O–H groups in total. The Kier molecular flexibility index (Phi) is 6.21. The molecule has 4 nitrogen and oxygen atoms in total. The van der Waals surface area contributed by atoms with Crippen LogP contribution in [0.25, 0.3) is 71.1 Å². The summed E-state index contributed by atoms with van der Waals surface area (Å²) in [6, 6.07) is 46.4. The van der Waals surface area contributed by atoms with Crippen LogP contribution in [-0.4, -0.2) is 9.55 Å². The van der Waals surface area contributed by atoms with Crippen molar-refractivity contribution < 1.29 is 0 Å². The molecule has 0 atom stereocenters. The summed E-state index contributed by atoms with van der Waals surface area (Å²) >= 11 is 3.31. The number of fused-ring (bicyclic) bond motifs is 4. The maximum atomic E-state index is 4.55. The molecule has 1 aliphatic rings. The number of thiazole rings is 1. The molecule has 8 aromatic rings. The van der Waals surface area contributed by atoms with Crippen molar-refractivity contribution in [1.29, 1.82) is 0 Å². The number of hydrazine groups is 1. The normalized spacial score (nSPS) is 12.8. The van der Waals surface area contributed by atoms with Crippen molar-refractivity contribution in [3.63, 3.8) is 0 Å². The van der Waals surface area contributed by atoms with Crippen molar-refractivity contribution in [2.45, 2.75) is 0 Å². The van der Waals surface area contributed by atoms with E-state index in [1.54, 1.807) is 23.3 Å². The van der Waals surface area contributed by atoms with Crippen LogP contribution in [0.2, 0.25) is 0 Å². The molecule has 6 heteroatoms. The lowest BCUT2D eigenvalue weighted by Crippen LogP contribution is -2.22. The van der Waals surface area contributed by atoms with Crippen LogP contribution in [0.15, 0.2) is 151 Å². The van der Waals surface area contributed by atoms with Gasteiger partial charge in [-0.3, -0.25) is 5.43 Å². The van der Waals surface area contributed by atoms with Crippen LogP contribution < -0.4 is 9.84 Å². The van der Waals surface area contributed by atoms with Crippen LogP contribution in [0, 0.1) is 0 Å². The molecule has 6 aromatic carbocycles. The second-order valence-electron chi connectivity index (χ2n) is 11.1. The van der Waals surface area contributed by atoms with Gasteiger partial charge in [-0.1, -0.05) is 91.0 Å². The van der Waals surface area contributed by atoms with Crippen molar-refractivity contribution in [3.05, 3.63) is 151 Å². The third-order valence-corrected chi connectivity index (χ3v) is 10.1. The first-order valence-electron chi connectivity index (χ1n) is 14.9. The van der Waals surface area contributed by atoms with E-state index < -0.39 is 0 Å². The van der Waals surface area contributed by atoms with Crippen LogP contribution in [-0.2, 0) is 0 Å². The van der Waals surface area contributed by atoms with Gasteiger partial charge < -0.3 is 4.57 Å². The molecule has 0 saturated heterocycles. The Labute approximate surface area is 269 Å². The molecule has 9 rings (SSSR count). The Morgan fingerprint density at radius 2 is 1.27 bits per heavy atom. The Morgan fingerprint density at radius 3 is 2.02 bits per heavy atom. The minimum atomic E-state index is 1.04. The average Bonchev–Trinajstić information content (AvgIpc) is 3.89. The van der Waals surface area contributed by atoms with Crippen LogP contribution in [0.4, 0.5) is 5.69 Å². The number of hydrogen-bond acceptors (Lipinski definition) is 5. The minimum absolute atomic E-state index is 1.04. The zero-order chi connectivity index (χ0) is 29.7. The molecule has 0 unspecified atom stereocenters. The van der Waals surface area contributed by atoms with E-state index in [9.17, 15) is 0 Å². The van der Waals surface area contributed by atoms with E-state index in [-0.39, 0.29) is 0 Å². The van der Waals surface area contributed by atoms with Gasteiger partial charge in [0.2, 0.25) is 0 Å². The Bertz CT molecular complexity index is 2390. The monoisotopic (exact) mass is 614 g/mol. The first-order valence-corrected chi connectivity index (χ1v) is 16.6. The number of aromatic nitrogens is 2. The van der Waals surface area contributed by atoms with Gasteiger partial charge in [0, 0.05) is 56.9 Å². The van der Waals surface area contributed by atoms with Gasteiger partial charge in [0.1, 0.15) is 5.01 Å². The number of benzene rings is 6. The largest absolute Gasteiger partial charge is 0.309 e. The molecule has 0 fully saturated rings. The molecule has 2 aromatic heterocycles. The standard InChI is InChI=1S/C39H26N4S2/c1-2-12-33-26(6-1)7-5-13-36(33)42-37-24-29(27-8-3-10-31(22-27)39-40-18-20-44-39)14-16-34(37)35-17-15-30(25-38(35)42)28-9-4-11-32(23-28)43-41-19-21-45-43/h1-25,41H. The van der Waals surface area contributed by atoms with E-state index >= 15 is 0 Å². The fraction of sp³-hybridized carbons (Fsp3) is 0. The lowest BCUT2D eigenvalue weighted by Gasteiger charge is -2.17. The fourth-order valence-electron chi connectivity index (χ4n) is 6.41. The van der Waals surface area contributed by atoms with E-state index in [0.717, 1.165) is 16.3 Å². The molecule has 0 aliphatic carbocycles. The number of nitrogens with one attached hydrogen (secondary N) is 1. The van der Waals surface area contributed by atoms with Gasteiger partial charge in [-0.05, 0) is 64.0 Å². The third-order valence-electron chi connectivity index (χ3n) is 8.49. The van der Waals surface area contributed by atoms with Crippen LogP contribution >= 0.6 is 23.3 Å². The van der Waals surface area contributed by atoms with E-state index in [2.05, 4.69) is 147 Å². The van der Waals surface area contributed by atoms with Crippen LogP contribution in [0.5, 0.6) is 0 Å². The van der Waals surface area contributed by atoms with E-state index in [0.29, 0.717) is 0 Å². The molecular weight excluding hydrogens is 589 g/mol. The van der Waals surface area contributed by atoms with Gasteiger partial charge in [-0.2, -0.15) is 0 Å². The fourth-order valence-corrected chi connectivity index (χ4v) is 7.64. The maximum absolute atomic E-state index is 4.55. The number of rotatable bonds is 5. The summed E-state index contributed by atoms with van der Waals surface area (Å²) in [6.45, 7) is 0. The van der Waals surface area contributed by atoms with Crippen molar-refractivity contribution >= 4 is 61.6 Å². The molecule has 0 spiro atoms. The topological polar surface area (TPSA) is 33.1 Å². The average molecular weight is 615 g/mol. The smallest absolute Gasteiger partial charge is 0.123 e. The Hall–Kier alpha value is -5.30. The lowest BCUT2D eigenvalue weighted by molar-refractivity contribution is 0.982. The first-order chi connectivity index (χ1) is 22.3. The first kappa shape index (κ1) is 26.1. The van der Waals surface area contributed by atoms with Crippen molar-refractivity contribution in [2.75, 3.05) is 4.41 Å². The summed E-state index contributed by atoms with van der Waals surface area (Å²) in [5.74, 6) is 0. The Morgan fingerprint density at radius 1 is 0.578 bits per heavy atom. The maximum Gasteiger partial charge on any atom is 0.123 e. The van der Waals surface area contributed by atoms with Crippen molar-refractivity contribution in [1.82, 2.24) is 15.0 Å². The quantitative estimate of drug-likeness (QED) is 0.196. The summed E-state index contributed by atoms with van der Waals surface area (Å²) in [6.07, 6.45) is 3.82. The highest BCUT2D eigenvalue weighted by molar-refractivity contribution is 8.03. The highest BCUT2D eigenvalue weighted by atomic mass is 32.2. The van der Waals surface area contributed by atoms with Gasteiger partial charge in [-0.15, -0.1) is 11.3 Å². The van der Waals surface area contributed by atoms with E-state index in [1.807, 2.05) is 23.2 Å². The lowest BCUT2D eigenvalue weighted by atomic mass is 10.0.